The van der Waals surface area contributed by atoms with Crippen LogP contribution in [0, 0.1) is 21.4 Å². The number of benzene rings is 1. The average Bonchev–Trinajstić information content (AvgIpc) is 2.52. The SMILES string of the molecule is CCc1cccnc1CNc1ccc(C#N)cc1[N+](=O)[O-]. The molecule has 6 nitrogen and oxygen atoms in total. The van der Waals surface area contributed by atoms with Gasteiger partial charge in [0.25, 0.3) is 5.69 Å². The summed E-state index contributed by atoms with van der Waals surface area (Å²) in [6.07, 6.45) is 2.55. The van der Waals surface area contributed by atoms with E-state index in [0.717, 1.165) is 17.7 Å². The van der Waals surface area contributed by atoms with Gasteiger partial charge < -0.3 is 5.32 Å². The summed E-state index contributed by atoms with van der Waals surface area (Å²) in [6, 6.07) is 10.1. The molecule has 0 bridgehead atoms. The summed E-state index contributed by atoms with van der Waals surface area (Å²) in [5, 5.41) is 22.9. The van der Waals surface area contributed by atoms with Gasteiger partial charge in [0.05, 0.1) is 28.8 Å². The molecule has 0 saturated heterocycles. The van der Waals surface area contributed by atoms with Crippen molar-refractivity contribution in [2.45, 2.75) is 19.9 Å². The summed E-state index contributed by atoms with van der Waals surface area (Å²) in [4.78, 5) is 14.9. The molecular formula is C15H14N4O2. The predicted molar refractivity (Wildman–Crippen MR) is 78.8 cm³/mol. The van der Waals surface area contributed by atoms with Crippen LogP contribution in [0.4, 0.5) is 11.4 Å². The summed E-state index contributed by atoms with van der Waals surface area (Å²) in [6.45, 7) is 2.43. The molecule has 0 fully saturated rings. The molecule has 0 aliphatic rings. The second-order valence-electron chi connectivity index (χ2n) is 4.42. The molecule has 106 valence electrons. The fourth-order valence-corrected chi connectivity index (χ4v) is 2.03. The molecule has 6 heteroatoms. The minimum Gasteiger partial charge on any atom is -0.374 e. The molecule has 0 saturated carbocycles. The summed E-state index contributed by atoms with van der Waals surface area (Å²) < 4.78 is 0. The quantitative estimate of drug-likeness (QED) is 0.672. The summed E-state index contributed by atoms with van der Waals surface area (Å²) in [5.41, 5.74) is 2.49. The monoisotopic (exact) mass is 282 g/mol. The van der Waals surface area contributed by atoms with Gasteiger partial charge in [0.2, 0.25) is 0 Å². The number of nitro groups is 1. The topological polar surface area (TPSA) is 91.8 Å². The number of nitrogens with zero attached hydrogens (tertiary/aromatic N) is 3. The largest absolute Gasteiger partial charge is 0.374 e. The molecule has 0 atom stereocenters. The van der Waals surface area contributed by atoms with Gasteiger partial charge in [-0.15, -0.1) is 0 Å². The number of nitro benzene ring substituents is 1. The number of nitrogens with one attached hydrogen (secondary N) is 1. The highest BCUT2D eigenvalue weighted by Crippen LogP contribution is 2.26. The summed E-state index contributed by atoms with van der Waals surface area (Å²) in [7, 11) is 0. The van der Waals surface area contributed by atoms with E-state index >= 15 is 0 Å². The lowest BCUT2D eigenvalue weighted by Crippen LogP contribution is -2.06. The maximum atomic E-state index is 11.1. The van der Waals surface area contributed by atoms with E-state index < -0.39 is 4.92 Å². The Labute approximate surface area is 122 Å². The van der Waals surface area contributed by atoms with Crippen molar-refractivity contribution >= 4 is 11.4 Å². The van der Waals surface area contributed by atoms with Crippen LogP contribution >= 0.6 is 0 Å². The van der Waals surface area contributed by atoms with E-state index in [-0.39, 0.29) is 11.3 Å². The zero-order valence-electron chi connectivity index (χ0n) is 11.5. The Kier molecular flexibility index (Phi) is 4.46. The molecule has 0 aliphatic heterocycles. The molecule has 1 heterocycles. The molecule has 0 amide bonds. The van der Waals surface area contributed by atoms with Crippen molar-refractivity contribution in [2.75, 3.05) is 5.32 Å². The van der Waals surface area contributed by atoms with Gasteiger partial charge in [0, 0.05) is 12.3 Å². The zero-order valence-corrected chi connectivity index (χ0v) is 11.5. The number of nitriles is 1. The van der Waals surface area contributed by atoms with E-state index in [9.17, 15) is 10.1 Å². The second-order valence-corrected chi connectivity index (χ2v) is 4.42. The van der Waals surface area contributed by atoms with Crippen LogP contribution in [0.3, 0.4) is 0 Å². The third-order valence-corrected chi connectivity index (χ3v) is 3.14. The molecule has 1 aromatic carbocycles. The minimum atomic E-state index is -0.498. The van der Waals surface area contributed by atoms with E-state index in [4.69, 9.17) is 5.26 Å². The number of rotatable bonds is 5. The van der Waals surface area contributed by atoms with Crippen molar-refractivity contribution < 1.29 is 4.92 Å². The molecule has 0 unspecified atom stereocenters. The van der Waals surface area contributed by atoms with Crippen LogP contribution in [-0.4, -0.2) is 9.91 Å². The zero-order chi connectivity index (χ0) is 15.2. The van der Waals surface area contributed by atoms with Gasteiger partial charge in [-0.1, -0.05) is 13.0 Å². The fraction of sp³-hybridized carbons (Fsp3) is 0.200. The van der Waals surface area contributed by atoms with Crippen LogP contribution in [0.2, 0.25) is 0 Å². The molecule has 0 aliphatic carbocycles. The lowest BCUT2D eigenvalue weighted by molar-refractivity contribution is -0.384. The Morgan fingerprint density at radius 2 is 2.24 bits per heavy atom. The van der Waals surface area contributed by atoms with Gasteiger partial charge in [-0.3, -0.25) is 15.1 Å². The van der Waals surface area contributed by atoms with E-state index in [1.807, 2.05) is 25.1 Å². The normalized spacial score (nSPS) is 9.90. The molecule has 0 spiro atoms. The Morgan fingerprint density at radius 1 is 1.43 bits per heavy atom. The molecule has 1 aromatic heterocycles. The standard InChI is InChI=1S/C15H14N4O2/c1-2-12-4-3-7-17-14(12)10-18-13-6-5-11(9-16)8-15(13)19(20)21/h3-8,18H,2,10H2,1H3. The van der Waals surface area contributed by atoms with E-state index in [1.165, 1.54) is 6.07 Å². The highest BCUT2D eigenvalue weighted by molar-refractivity contribution is 5.64. The van der Waals surface area contributed by atoms with E-state index in [1.54, 1.807) is 18.3 Å². The highest BCUT2D eigenvalue weighted by atomic mass is 16.6. The van der Waals surface area contributed by atoms with Gasteiger partial charge in [0.15, 0.2) is 0 Å². The Hall–Kier alpha value is -2.94. The summed E-state index contributed by atoms with van der Waals surface area (Å²) >= 11 is 0. The van der Waals surface area contributed by atoms with Crippen molar-refractivity contribution in [3.8, 4) is 6.07 Å². The van der Waals surface area contributed by atoms with Crippen LogP contribution in [0.15, 0.2) is 36.5 Å². The van der Waals surface area contributed by atoms with Gasteiger partial charge in [-0.25, -0.2) is 0 Å². The number of hydrogen-bond donors (Lipinski definition) is 1. The van der Waals surface area contributed by atoms with E-state index in [0.29, 0.717) is 12.2 Å². The van der Waals surface area contributed by atoms with Gasteiger partial charge in [-0.05, 0) is 30.2 Å². The summed E-state index contributed by atoms with van der Waals surface area (Å²) in [5.74, 6) is 0. The molecule has 0 radical (unpaired) electrons. The number of pyridine rings is 1. The van der Waals surface area contributed by atoms with Crippen LogP contribution in [0.5, 0.6) is 0 Å². The number of aryl methyl sites for hydroxylation is 1. The van der Waals surface area contributed by atoms with Crippen molar-refractivity contribution in [2.24, 2.45) is 0 Å². The first-order valence-electron chi connectivity index (χ1n) is 6.51. The molecule has 21 heavy (non-hydrogen) atoms. The van der Waals surface area contributed by atoms with Crippen molar-refractivity contribution in [1.29, 1.82) is 5.26 Å². The van der Waals surface area contributed by atoms with Gasteiger partial charge in [0.1, 0.15) is 5.69 Å². The molecular weight excluding hydrogens is 268 g/mol. The van der Waals surface area contributed by atoms with E-state index in [2.05, 4.69) is 10.3 Å². The molecule has 2 rings (SSSR count). The van der Waals surface area contributed by atoms with Crippen molar-refractivity contribution in [1.82, 2.24) is 4.98 Å². The first kappa shape index (κ1) is 14.5. The number of hydrogen-bond acceptors (Lipinski definition) is 5. The Bertz CT molecular complexity index is 707. The maximum Gasteiger partial charge on any atom is 0.293 e. The lowest BCUT2D eigenvalue weighted by atomic mass is 10.1. The van der Waals surface area contributed by atoms with Crippen LogP contribution in [0.1, 0.15) is 23.7 Å². The van der Waals surface area contributed by atoms with Crippen molar-refractivity contribution in [3.63, 3.8) is 0 Å². The lowest BCUT2D eigenvalue weighted by Gasteiger charge is -2.09. The predicted octanol–water partition coefficient (Wildman–Crippen LogP) is 3.04. The Balaban J connectivity index is 2.24. The molecule has 2 aromatic rings. The van der Waals surface area contributed by atoms with Crippen LogP contribution in [-0.2, 0) is 13.0 Å². The third kappa shape index (κ3) is 3.34. The highest BCUT2D eigenvalue weighted by Gasteiger charge is 2.15. The van der Waals surface area contributed by atoms with Crippen LogP contribution in [0.25, 0.3) is 0 Å². The van der Waals surface area contributed by atoms with Crippen molar-refractivity contribution in [3.05, 3.63) is 63.5 Å². The first-order chi connectivity index (χ1) is 10.2. The maximum absolute atomic E-state index is 11.1. The second kappa shape index (κ2) is 6.48. The molecule has 1 N–H and O–H groups in total. The third-order valence-electron chi connectivity index (χ3n) is 3.14. The minimum absolute atomic E-state index is 0.108. The fourth-order valence-electron chi connectivity index (χ4n) is 2.03. The Morgan fingerprint density at radius 3 is 2.90 bits per heavy atom. The van der Waals surface area contributed by atoms with Gasteiger partial charge >= 0.3 is 0 Å². The first-order valence-corrected chi connectivity index (χ1v) is 6.51. The van der Waals surface area contributed by atoms with Crippen LogP contribution < -0.4 is 5.32 Å². The van der Waals surface area contributed by atoms with Gasteiger partial charge in [-0.2, -0.15) is 5.26 Å². The number of anilines is 1. The number of aromatic nitrogens is 1. The smallest absolute Gasteiger partial charge is 0.293 e. The average molecular weight is 282 g/mol.